The van der Waals surface area contributed by atoms with Crippen molar-refractivity contribution in [3.05, 3.63) is 56.5 Å². The van der Waals surface area contributed by atoms with E-state index < -0.39 is 0 Å². The standard InChI is InChI=1S/C16H15Cl3N2/c1-21-5-4-11-6-10(2-3-16(11)21)9-20-15-8-13(18)12(17)7-14(15)19/h2-3,6-8,20H,4-5,9H2,1H3. The molecule has 1 aliphatic rings. The van der Waals surface area contributed by atoms with Gasteiger partial charge < -0.3 is 10.2 Å². The van der Waals surface area contributed by atoms with Crippen molar-refractivity contribution in [3.8, 4) is 0 Å². The topological polar surface area (TPSA) is 15.3 Å². The van der Waals surface area contributed by atoms with E-state index in [9.17, 15) is 0 Å². The molecular formula is C16H15Cl3N2. The molecule has 0 saturated heterocycles. The van der Waals surface area contributed by atoms with Gasteiger partial charge in [0, 0.05) is 25.8 Å². The molecular weight excluding hydrogens is 327 g/mol. The summed E-state index contributed by atoms with van der Waals surface area (Å²) in [6.07, 6.45) is 1.10. The van der Waals surface area contributed by atoms with Crippen molar-refractivity contribution in [1.82, 2.24) is 0 Å². The van der Waals surface area contributed by atoms with Crippen LogP contribution >= 0.6 is 34.8 Å². The van der Waals surface area contributed by atoms with Crippen molar-refractivity contribution >= 4 is 46.2 Å². The maximum atomic E-state index is 6.17. The van der Waals surface area contributed by atoms with Crippen molar-refractivity contribution in [3.63, 3.8) is 0 Å². The first-order chi connectivity index (χ1) is 10.0. The van der Waals surface area contributed by atoms with E-state index in [0.29, 0.717) is 21.6 Å². The number of nitrogens with zero attached hydrogens (tertiary/aromatic N) is 1. The molecule has 1 aliphatic heterocycles. The molecule has 0 spiro atoms. The second kappa shape index (κ2) is 5.96. The minimum Gasteiger partial charge on any atom is -0.380 e. The third kappa shape index (κ3) is 3.08. The fourth-order valence-electron chi connectivity index (χ4n) is 2.59. The van der Waals surface area contributed by atoms with Crippen molar-refractivity contribution in [2.45, 2.75) is 13.0 Å². The highest BCUT2D eigenvalue weighted by Crippen LogP contribution is 2.33. The summed E-state index contributed by atoms with van der Waals surface area (Å²) >= 11 is 18.1. The number of hydrogen-bond donors (Lipinski definition) is 1. The fourth-order valence-corrected chi connectivity index (χ4v) is 3.20. The van der Waals surface area contributed by atoms with E-state index >= 15 is 0 Å². The second-order valence-corrected chi connectivity index (χ2v) is 6.46. The lowest BCUT2D eigenvalue weighted by atomic mass is 10.1. The van der Waals surface area contributed by atoms with Crippen LogP contribution in [0.2, 0.25) is 15.1 Å². The van der Waals surface area contributed by atoms with E-state index in [4.69, 9.17) is 34.8 Å². The monoisotopic (exact) mass is 340 g/mol. The van der Waals surface area contributed by atoms with Crippen LogP contribution in [0, 0.1) is 0 Å². The van der Waals surface area contributed by atoms with Gasteiger partial charge in [0.05, 0.1) is 20.8 Å². The summed E-state index contributed by atoms with van der Waals surface area (Å²) in [6.45, 7) is 1.79. The largest absolute Gasteiger partial charge is 0.380 e. The normalized spacial score (nSPS) is 13.4. The number of rotatable bonds is 3. The molecule has 2 aromatic rings. The van der Waals surface area contributed by atoms with Crippen LogP contribution in [0.1, 0.15) is 11.1 Å². The molecule has 3 rings (SSSR count). The summed E-state index contributed by atoms with van der Waals surface area (Å²) in [5.41, 5.74) is 4.75. The van der Waals surface area contributed by atoms with Crippen molar-refractivity contribution < 1.29 is 0 Å². The van der Waals surface area contributed by atoms with Crippen LogP contribution < -0.4 is 10.2 Å². The lowest BCUT2D eigenvalue weighted by Crippen LogP contribution is -2.12. The highest BCUT2D eigenvalue weighted by Gasteiger charge is 2.15. The van der Waals surface area contributed by atoms with Crippen LogP contribution in [0.5, 0.6) is 0 Å². The van der Waals surface area contributed by atoms with Crippen LogP contribution in [0.3, 0.4) is 0 Å². The molecule has 0 unspecified atom stereocenters. The molecule has 2 aromatic carbocycles. The Morgan fingerprint density at radius 3 is 2.62 bits per heavy atom. The van der Waals surface area contributed by atoms with E-state index in [2.05, 4.69) is 35.5 Å². The first-order valence-electron chi connectivity index (χ1n) is 6.76. The lowest BCUT2D eigenvalue weighted by molar-refractivity contribution is 0.955. The molecule has 1 N–H and O–H groups in total. The summed E-state index contributed by atoms with van der Waals surface area (Å²) in [6, 6.07) is 9.98. The summed E-state index contributed by atoms with van der Waals surface area (Å²) < 4.78 is 0. The predicted octanol–water partition coefficient (Wildman–Crippen LogP) is 5.25. The third-order valence-corrected chi connectivity index (χ3v) is 4.80. The van der Waals surface area contributed by atoms with Crippen molar-refractivity contribution in [2.75, 3.05) is 23.8 Å². The Morgan fingerprint density at radius 1 is 1.05 bits per heavy atom. The Kier molecular flexibility index (Phi) is 4.21. The SMILES string of the molecule is CN1CCc2cc(CNc3cc(Cl)c(Cl)cc3Cl)ccc21. The molecule has 5 heteroatoms. The number of hydrogen-bond acceptors (Lipinski definition) is 2. The molecule has 21 heavy (non-hydrogen) atoms. The molecule has 0 aromatic heterocycles. The molecule has 0 aliphatic carbocycles. The average molecular weight is 342 g/mol. The Bertz CT molecular complexity index is 685. The third-order valence-electron chi connectivity index (χ3n) is 3.76. The van der Waals surface area contributed by atoms with Gasteiger partial charge in [-0.2, -0.15) is 0 Å². The number of halogens is 3. The zero-order valence-corrected chi connectivity index (χ0v) is 13.9. The number of anilines is 2. The van der Waals surface area contributed by atoms with E-state index in [1.54, 1.807) is 12.1 Å². The average Bonchev–Trinajstić information content (AvgIpc) is 2.82. The zero-order chi connectivity index (χ0) is 15.0. The number of benzene rings is 2. The van der Waals surface area contributed by atoms with Gasteiger partial charge in [0.2, 0.25) is 0 Å². The molecule has 0 fully saturated rings. The van der Waals surface area contributed by atoms with Crippen molar-refractivity contribution in [2.24, 2.45) is 0 Å². The van der Waals surface area contributed by atoms with Gasteiger partial charge in [-0.15, -0.1) is 0 Å². The lowest BCUT2D eigenvalue weighted by Gasteiger charge is -2.13. The molecule has 0 bridgehead atoms. The first-order valence-corrected chi connectivity index (χ1v) is 7.89. The smallest absolute Gasteiger partial charge is 0.0653 e. The maximum absolute atomic E-state index is 6.17. The predicted molar refractivity (Wildman–Crippen MR) is 92.2 cm³/mol. The number of likely N-dealkylation sites (N-methyl/N-ethyl adjacent to an activating group) is 1. The fraction of sp³-hybridized carbons (Fsp3) is 0.250. The van der Waals surface area contributed by atoms with Gasteiger partial charge in [0.1, 0.15) is 0 Å². The Hall–Kier alpha value is -1.09. The highest BCUT2D eigenvalue weighted by atomic mass is 35.5. The van der Waals surface area contributed by atoms with Crippen LogP contribution in [0.25, 0.3) is 0 Å². The minimum absolute atomic E-state index is 0.466. The van der Waals surface area contributed by atoms with Crippen LogP contribution in [0.15, 0.2) is 30.3 Å². The van der Waals surface area contributed by atoms with Crippen LogP contribution in [-0.4, -0.2) is 13.6 Å². The zero-order valence-electron chi connectivity index (χ0n) is 11.6. The minimum atomic E-state index is 0.466. The van der Waals surface area contributed by atoms with E-state index in [-0.39, 0.29) is 0 Å². The van der Waals surface area contributed by atoms with Crippen LogP contribution in [0.4, 0.5) is 11.4 Å². The Morgan fingerprint density at radius 2 is 1.81 bits per heavy atom. The van der Waals surface area contributed by atoms with Gasteiger partial charge in [0.25, 0.3) is 0 Å². The molecule has 0 amide bonds. The highest BCUT2D eigenvalue weighted by molar-refractivity contribution is 6.44. The van der Waals surface area contributed by atoms with Gasteiger partial charge in [-0.25, -0.2) is 0 Å². The van der Waals surface area contributed by atoms with Gasteiger partial charge in [0.15, 0.2) is 0 Å². The maximum Gasteiger partial charge on any atom is 0.0653 e. The van der Waals surface area contributed by atoms with Gasteiger partial charge in [-0.3, -0.25) is 0 Å². The summed E-state index contributed by atoms with van der Waals surface area (Å²) in [7, 11) is 2.12. The summed E-state index contributed by atoms with van der Waals surface area (Å²) in [4.78, 5) is 2.28. The molecule has 0 atom stereocenters. The quantitative estimate of drug-likeness (QED) is 0.767. The molecule has 2 nitrogen and oxygen atoms in total. The summed E-state index contributed by atoms with van der Waals surface area (Å²) in [5, 5.41) is 4.85. The molecule has 0 radical (unpaired) electrons. The van der Waals surface area contributed by atoms with E-state index in [1.165, 1.54) is 16.8 Å². The Labute approximate surface area is 139 Å². The first kappa shape index (κ1) is 14.8. The number of fused-ring (bicyclic) bond motifs is 1. The molecule has 0 saturated carbocycles. The van der Waals surface area contributed by atoms with Gasteiger partial charge in [-0.05, 0) is 35.7 Å². The number of nitrogens with one attached hydrogen (secondary N) is 1. The van der Waals surface area contributed by atoms with E-state index in [0.717, 1.165) is 18.7 Å². The van der Waals surface area contributed by atoms with Gasteiger partial charge >= 0.3 is 0 Å². The second-order valence-electron chi connectivity index (χ2n) is 5.23. The van der Waals surface area contributed by atoms with Gasteiger partial charge in [-0.1, -0.05) is 46.9 Å². The molecule has 1 heterocycles. The van der Waals surface area contributed by atoms with E-state index in [1.807, 2.05) is 0 Å². The Balaban J connectivity index is 1.75. The van der Waals surface area contributed by atoms with Crippen LogP contribution in [-0.2, 0) is 13.0 Å². The van der Waals surface area contributed by atoms with Crippen molar-refractivity contribution in [1.29, 1.82) is 0 Å². The summed E-state index contributed by atoms with van der Waals surface area (Å²) in [5.74, 6) is 0. The molecule has 110 valence electrons.